The van der Waals surface area contributed by atoms with Gasteiger partial charge in [0.2, 0.25) is 0 Å². The number of pyridine rings is 1. The summed E-state index contributed by atoms with van der Waals surface area (Å²) >= 11 is 0. The molecule has 0 bridgehead atoms. The second-order valence-electron chi connectivity index (χ2n) is 3.68. The van der Waals surface area contributed by atoms with Crippen LogP contribution in [0.2, 0.25) is 0 Å². The van der Waals surface area contributed by atoms with E-state index in [-0.39, 0.29) is 5.91 Å². The summed E-state index contributed by atoms with van der Waals surface area (Å²) in [6.07, 6.45) is 4.28. The quantitative estimate of drug-likeness (QED) is 0.733. The van der Waals surface area contributed by atoms with Crippen LogP contribution in [0.1, 0.15) is 23.7 Å². The Morgan fingerprint density at radius 2 is 2.25 bits per heavy atom. The Bertz CT molecular complexity index is 352. The number of nitrogens with zero attached hydrogens (tertiary/aromatic N) is 2. The number of hydrazine groups is 1. The van der Waals surface area contributed by atoms with E-state index < -0.39 is 0 Å². The number of hydrogen-bond acceptors (Lipinski definition) is 4. The van der Waals surface area contributed by atoms with Crippen molar-refractivity contribution in [1.29, 1.82) is 0 Å². The zero-order chi connectivity index (χ0) is 12.0. The van der Waals surface area contributed by atoms with Crippen molar-refractivity contribution in [2.24, 2.45) is 0 Å². The average molecular weight is 222 g/mol. The summed E-state index contributed by atoms with van der Waals surface area (Å²) < 4.78 is 0. The number of anilines is 1. The van der Waals surface area contributed by atoms with E-state index in [9.17, 15) is 4.79 Å². The second kappa shape index (κ2) is 6.07. The van der Waals surface area contributed by atoms with Crippen molar-refractivity contribution in [3.63, 3.8) is 0 Å². The van der Waals surface area contributed by atoms with Crippen LogP contribution < -0.4 is 10.7 Å². The van der Waals surface area contributed by atoms with E-state index >= 15 is 0 Å². The molecule has 1 rings (SSSR count). The predicted octanol–water partition coefficient (Wildman–Crippen LogP) is 1.11. The van der Waals surface area contributed by atoms with Crippen molar-refractivity contribution in [2.75, 3.05) is 26.0 Å². The molecule has 0 unspecified atom stereocenters. The largest absolute Gasteiger partial charge is 0.383 e. The van der Waals surface area contributed by atoms with Crippen molar-refractivity contribution < 1.29 is 4.79 Å². The van der Waals surface area contributed by atoms with E-state index in [1.54, 1.807) is 37.6 Å². The molecule has 0 aliphatic carbocycles. The molecule has 2 N–H and O–H groups in total. The number of nitrogens with one attached hydrogen (secondary N) is 2. The summed E-state index contributed by atoms with van der Waals surface area (Å²) in [4.78, 5) is 15.8. The van der Waals surface area contributed by atoms with E-state index in [1.807, 2.05) is 0 Å². The molecule has 5 nitrogen and oxygen atoms in total. The molecule has 88 valence electrons. The third kappa shape index (κ3) is 3.51. The van der Waals surface area contributed by atoms with Gasteiger partial charge in [-0.3, -0.25) is 15.2 Å². The van der Waals surface area contributed by atoms with Crippen LogP contribution in [0.15, 0.2) is 18.5 Å². The van der Waals surface area contributed by atoms with Gasteiger partial charge in [0.1, 0.15) is 0 Å². The van der Waals surface area contributed by atoms with Gasteiger partial charge in [-0.05, 0) is 12.5 Å². The van der Waals surface area contributed by atoms with Crippen LogP contribution in [-0.2, 0) is 0 Å². The minimum atomic E-state index is -0.133. The molecule has 16 heavy (non-hydrogen) atoms. The predicted molar refractivity (Wildman–Crippen MR) is 64.2 cm³/mol. The SMILES string of the molecule is CCCNc1cnccc1C(=O)NN(C)C. The number of carbonyl (C=O) groups excluding carboxylic acids is 1. The molecule has 0 aliphatic rings. The first-order valence-electron chi connectivity index (χ1n) is 5.31. The van der Waals surface area contributed by atoms with E-state index in [4.69, 9.17) is 0 Å². The lowest BCUT2D eigenvalue weighted by atomic mass is 10.2. The number of amides is 1. The molecule has 0 atom stereocenters. The Morgan fingerprint density at radius 3 is 2.88 bits per heavy atom. The van der Waals surface area contributed by atoms with Gasteiger partial charge in [0.25, 0.3) is 5.91 Å². The van der Waals surface area contributed by atoms with Crippen molar-refractivity contribution >= 4 is 11.6 Å². The minimum absolute atomic E-state index is 0.133. The lowest BCUT2D eigenvalue weighted by Crippen LogP contribution is -2.36. The van der Waals surface area contributed by atoms with Gasteiger partial charge >= 0.3 is 0 Å². The molecule has 0 aliphatic heterocycles. The smallest absolute Gasteiger partial charge is 0.267 e. The van der Waals surface area contributed by atoms with Gasteiger partial charge in [-0.2, -0.15) is 0 Å². The maximum Gasteiger partial charge on any atom is 0.267 e. The molecule has 0 aromatic carbocycles. The highest BCUT2D eigenvalue weighted by molar-refractivity contribution is 5.99. The van der Waals surface area contributed by atoms with Gasteiger partial charge in [-0.1, -0.05) is 6.92 Å². The number of hydrogen-bond donors (Lipinski definition) is 2. The Hall–Kier alpha value is -1.62. The van der Waals surface area contributed by atoms with Gasteiger partial charge < -0.3 is 5.32 Å². The summed E-state index contributed by atoms with van der Waals surface area (Å²) in [6, 6.07) is 1.71. The molecule has 0 saturated carbocycles. The molecule has 1 heterocycles. The van der Waals surface area contributed by atoms with Crippen LogP contribution in [0.25, 0.3) is 0 Å². The fourth-order valence-corrected chi connectivity index (χ4v) is 1.26. The van der Waals surface area contributed by atoms with Crippen molar-refractivity contribution in [3.05, 3.63) is 24.0 Å². The first-order valence-corrected chi connectivity index (χ1v) is 5.31. The summed E-state index contributed by atoms with van der Waals surface area (Å²) in [5, 5.41) is 4.79. The zero-order valence-corrected chi connectivity index (χ0v) is 9.95. The molecule has 0 fully saturated rings. The molecule has 0 spiro atoms. The topological polar surface area (TPSA) is 57.3 Å². The fraction of sp³-hybridized carbons (Fsp3) is 0.455. The zero-order valence-electron chi connectivity index (χ0n) is 9.95. The van der Waals surface area contributed by atoms with Gasteiger partial charge in [0.15, 0.2) is 0 Å². The Labute approximate surface area is 95.8 Å². The van der Waals surface area contributed by atoms with Crippen LogP contribution in [-0.4, -0.2) is 36.5 Å². The second-order valence-corrected chi connectivity index (χ2v) is 3.68. The van der Waals surface area contributed by atoms with Gasteiger partial charge in [-0.15, -0.1) is 0 Å². The van der Waals surface area contributed by atoms with Crippen LogP contribution in [0, 0.1) is 0 Å². The van der Waals surface area contributed by atoms with Gasteiger partial charge in [0, 0.05) is 26.8 Å². The molecule has 1 aromatic rings. The molecule has 0 saturated heterocycles. The van der Waals surface area contributed by atoms with Crippen LogP contribution in [0.4, 0.5) is 5.69 Å². The van der Waals surface area contributed by atoms with E-state index in [0.717, 1.165) is 18.7 Å². The molecule has 1 aromatic heterocycles. The Kier molecular flexibility index (Phi) is 4.72. The molecule has 5 heteroatoms. The highest BCUT2D eigenvalue weighted by Crippen LogP contribution is 2.12. The summed E-state index contributed by atoms with van der Waals surface area (Å²) in [7, 11) is 3.55. The third-order valence-electron chi connectivity index (χ3n) is 1.96. The number of rotatable bonds is 5. The number of aromatic nitrogens is 1. The van der Waals surface area contributed by atoms with Crippen molar-refractivity contribution in [3.8, 4) is 0 Å². The Morgan fingerprint density at radius 1 is 1.50 bits per heavy atom. The van der Waals surface area contributed by atoms with E-state index in [1.165, 1.54) is 0 Å². The maximum absolute atomic E-state index is 11.8. The lowest BCUT2D eigenvalue weighted by Gasteiger charge is -2.14. The number of carbonyl (C=O) groups is 1. The van der Waals surface area contributed by atoms with Crippen LogP contribution in [0.5, 0.6) is 0 Å². The molecule has 0 radical (unpaired) electrons. The van der Waals surface area contributed by atoms with Crippen LogP contribution >= 0.6 is 0 Å². The summed E-state index contributed by atoms with van der Waals surface area (Å²) in [5.41, 5.74) is 4.08. The monoisotopic (exact) mass is 222 g/mol. The van der Waals surface area contributed by atoms with Gasteiger partial charge in [-0.25, -0.2) is 5.01 Å². The Balaban J connectivity index is 2.81. The lowest BCUT2D eigenvalue weighted by molar-refractivity contribution is 0.0857. The van der Waals surface area contributed by atoms with E-state index in [0.29, 0.717) is 5.56 Å². The van der Waals surface area contributed by atoms with Crippen molar-refractivity contribution in [2.45, 2.75) is 13.3 Å². The molecular formula is C11H18N4O. The fourth-order valence-electron chi connectivity index (χ4n) is 1.26. The maximum atomic E-state index is 11.8. The standard InChI is InChI=1S/C11H18N4O/c1-4-6-13-10-8-12-7-5-9(10)11(16)14-15(2)3/h5,7-8,13H,4,6H2,1-3H3,(H,14,16). The summed E-state index contributed by atoms with van der Waals surface area (Å²) in [5.74, 6) is -0.133. The molecular weight excluding hydrogens is 204 g/mol. The summed E-state index contributed by atoms with van der Waals surface area (Å²) in [6.45, 7) is 2.90. The van der Waals surface area contributed by atoms with Crippen LogP contribution in [0.3, 0.4) is 0 Å². The first kappa shape index (κ1) is 12.4. The van der Waals surface area contributed by atoms with Gasteiger partial charge in [0.05, 0.1) is 17.4 Å². The normalized spacial score (nSPS) is 10.2. The van der Waals surface area contributed by atoms with Crippen molar-refractivity contribution in [1.82, 2.24) is 15.4 Å². The third-order valence-corrected chi connectivity index (χ3v) is 1.96. The minimum Gasteiger partial charge on any atom is -0.383 e. The highest BCUT2D eigenvalue weighted by Gasteiger charge is 2.10. The average Bonchev–Trinajstić information content (AvgIpc) is 2.25. The highest BCUT2D eigenvalue weighted by atomic mass is 16.2. The van der Waals surface area contributed by atoms with E-state index in [2.05, 4.69) is 22.7 Å². The molecule has 1 amide bonds. The first-order chi connectivity index (χ1) is 7.65.